The summed E-state index contributed by atoms with van der Waals surface area (Å²) in [7, 11) is 3.74. The molecule has 0 radical (unpaired) electrons. The fourth-order valence-corrected chi connectivity index (χ4v) is 3.74. The number of ketones is 1. The summed E-state index contributed by atoms with van der Waals surface area (Å²) in [4.78, 5) is 29.2. The molecule has 2 aromatic rings. The Morgan fingerprint density at radius 3 is 2.44 bits per heavy atom. The van der Waals surface area contributed by atoms with Crippen molar-refractivity contribution < 1.29 is 23.8 Å². The SMILES string of the molecule is CCCOc1ccc(C(O)=C2C(=O)C(=O)N(CCN(C)C)[C@@H]2c2ccc(F)cc2)cc1C. The number of benzene rings is 2. The number of amides is 1. The summed E-state index contributed by atoms with van der Waals surface area (Å²) in [6, 6.07) is 9.99. The summed E-state index contributed by atoms with van der Waals surface area (Å²) in [6.07, 6.45) is 0.870. The number of likely N-dealkylation sites (tertiary alicyclic amines) is 1. The predicted octanol–water partition coefficient (Wildman–Crippen LogP) is 3.91. The number of ether oxygens (including phenoxy) is 1. The summed E-state index contributed by atoms with van der Waals surface area (Å²) in [5.41, 5.74) is 1.79. The van der Waals surface area contributed by atoms with E-state index in [2.05, 4.69) is 0 Å². The van der Waals surface area contributed by atoms with Crippen molar-refractivity contribution in [3.8, 4) is 5.75 Å². The second-order valence-corrected chi connectivity index (χ2v) is 8.18. The van der Waals surface area contributed by atoms with Crippen LogP contribution >= 0.6 is 0 Å². The van der Waals surface area contributed by atoms with E-state index in [1.54, 1.807) is 18.2 Å². The summed E-state index contributed by atoms with van der Waals surface area (Å²) < 4.78 is 19.2. The number of aliphatic hydroxyl groups excluding tert-OH is 1. The molecule has 1 saturated heterocycles. The minimum atomic E-state index is -0.799. The van der Waals surface area contributed by atoms with Gasteiger partial charge < -0.3 is 19.6 Å². The largest absolute Gasteiger partial charge is 0.507 e. The van der Waals surface area contributed by atoms with Gasteiger partial charge in [0.05, 0.1) is 18.2 Å². The first kappa shape index (κ1) is 23.5. The molecular formula is C25H29FN2O4. The number of Topliss-reactive ketones (excluding diaryl/α,β-unsaturated/α-hetero) is 1. The van der Waals surface area contributed by atoms with Crippen molar-refractivity contribution in [3.05, 3.63) is 70.5 Å². The van der Waals surface area contributed by atoms with E-state index in [1.807, 2.05) is 32.8 Å². The Morgan fingerprint density at radius 2 is 1.84 bits per heavy atom. The normalized spacial score (nSPS) is 17.9. The molecule has 0 saturated carbocycles. The Kier molecular flexibility index (Phi) is 7.30. The summed E-state index contributed by atoms with van der Waals surface area (Å²) >= 11 is 0. The van der Waals surface area contributed by atoms with Gasteiger partial charge in [0.2, 0.25) is 0 Å². The third-order valence-electron chi connectivity index (χ3n) is 5.42. The van der Waals surface area contributed by atoms with Gasteiger partial charge in [-0.25, -0.2) is 4.39 Å². The molecule has 3 rings (SSSR count). The zero-order valence-electron chi connectivity index (χ0n) is 18.9. The van der Waals surface area contributed by atoms with Crippen molar-refractivity contribution in [2.45, 2.75) is 26.3 Å². The maximum absolute atomic E-state index is 13.5. The Bertz CT molecular complexity index is 1030. The zero-order chi connectivity index (χ0) is 23.4. The average molecular weight is 441 g/mol. The molecule has 0 spiro atoms. The maximum atomic E-state index is 13.5. The second-order valence-electron chi connectivity index (χ2n) is 8.18. The zero-order valence-corrected chi connectivity index (χ0v) is 18.9. The minimum Gasteiger partial charge on any atom is -0.507 e. The molecule has 32 heavy (non-hydrogen) atoms. The molecule has 1 heterocycles. The highest BCUT2D eigenvalue weighted by atomic mass is 19.1. The van der Waals surface area contributed by atoms with E-state index in [-0.39, 0.29) is 11.3 Å². The van der Waals surface area contributed by atoms with E-state index in [0.29, 0.717) is 36.6 Å². The van der Waals surface area contributed by atoms with Gasteiger partial charge in [-0.05, 0) is 68.9 Å². The van der Waals surface area contributed by atoms with Crippen molar-refractivity contribution >= 4 is 17.4 Å². The minimum absolute atomic E-state index is 0.00184. The Balaban J connectivity index is 2.09. The molecule has 1 aliphatic rings. The summed E-state index contributed by atoms with van der Waals surface area (Å²) in [5, 5.41) is 11.1. The molecule has 0 aromatic heterocycles. The second kappa shape index (κ2) is 9.96. The first-order valence-electron chi connectivity index (χ1n) is 10.7. The lowest BCUT2D eigenvalue weighted by atomic mass is 9.94. The molecule has 2 aromatic carbocycles. The highest BCUT2D eigenvalue weighted by Gasteiger charge is 2.45. The number of aliphatic hydroxyl groups is 1. The highest BCUT2D eigenvalue weighted by molar-refractivity contribution is 6.46. The van der Waals surface area contributed by atoms with E-state index in [9.17, 15) is 19.1 Å². The van der Waals surface area contributed by atoms with Crippen LogP contribution in [0, 0.1) is 12.7 Å². The molecule has 6 nitrogen and oxygen atoms in total. The van der Waals surface area contributed by atoms with Crippen LogP contribution in [0.2, 0.25) is 0 Å². The Morgan fingerprint density at radius 1 is 1.16 bits per heavy atom. The van der Waals surface area contributed by atoms with Crippen LogP contribution in [-0.2, 0) is 9.59 Å². The lowest BCUT2D eigenvalue weighted by molar-refractivity contribution is -0.140. The number of nitrogens with zero attached hydrogens (tertiary/aromatic N) is 2. The Labute approximate surface area is 187 Å². The molecule has 1 fully saturated rings. The predicted molar refractivity (Wildman–Crippen MR) is 121 cm³/mol. The van der Waals surface area contributed by atoms with Crippen LogP contribution in [0.5, 0.6) is 5.75 Å². The quantitative estimate of drug-likeness (QED) is 0.383. The number of likely N-dealkylation sites (N-methyl/N-ethyl adjacent to an activating group) is 1. The standard InChI is InChI=1S/C25H29FN2O4/c1-5-14-32-20-11-8-18(15-16(20)2)23(29)21-22(17-6-9-19(26)10-7-17)28(13-12-27(3)4)25(31)24(21)30/h6-11,15,22,29H,5,12-14H2,1-4H3/t22-/m1/s1. The van der Waals surface area contributed by atoms with Gasteiger partial charge in [0.15, 0.2) is 0 Å². The van der Waals surface area contributed by atoms with Crippen LogP contribution in [0.3, 0.4) is 0 Å². The Hall–Kier alpha value is -3.19. The van der Waals surface area contributed by atoms with Crippen LogP contribution in [0.4, 0.5) is 4.39 Å². The van der Waals surface area contributed by atoms with Crippen molar-refractivity contribution in [1.29, 1.82) is 0 Å². The van der Waals surface area contributed by atoms with Crippen LogP contribution in [0.1, 0.15) is 36.1 Å². The van der Waals surface area contributed by atoms with Gasteiger partial charge in [-0.1, -0.05) is 19.1 Å². The van der Waals surface area contributed by atoms with Gasteiger partial charge in [-0.15, -0.1) is 0 Å². The molecule has 170 valence electrons. The van der Waals surface area contributed by atoms with Crippen LogP contribution in [0.15, 0.2) is 48.0 Å². The van der Waals surface area contributed by atoms with E-state index in [1.165, 1.54) is 29.2 Å². The van der Waals surface area contributed by atoms with Gasteiger partial charge in [0.25, 0.3) is 11.7 Å². The van der Waals surface area contributed by atoms with Gasteiger partial charge in [-0.3, -0.25) is 9.59 Å². The number of hydrogen-bond donors (Lipinski definition) is 1. The molecule has 1 amide bonds. The van der Waals surface area contributed by atoms with Gasteiger partial charge in [0, 0.05) is 18.7 Å². The van der Waals surface area contributed by atoms with Crippen molar-refractivity contribution in [2.24, 2.45) is 0 Å². The van der Waals surface area contributed by atoms with Crippen LogP contribution < -0.4 is 4.74 Å². The van der Waals surface area contributed by atoms with Crippen molar-refractivity contribution in [1.82, 2.24) is 9.80 Å². The highest BCUT2D eigenvalue weighted by Crippen LogP contribution is 2.39. The number of carbonyl (C=O) groups excluding carboxylic acids is 2. The number of rotatable bonds is 8. The maximum Gasteiger partial charge on any atom is 0.295 e. The van der Waals surface area contributed by atoms with Crippen molar-refractivity contribution in [3.63, 3.8) is 0 Å². The number of halogens is 1. The third kappa shape index (κ3) is 4.83. The first-order chi connectivity index (χ1) is 15.2. The van der Waals surface area contributed by atoms with E-state index in [4.69, 9.17) is 4.74 Å². The smallest absolute Gasteiger partial charge is 0.295 e. The molecule has 0 bridgehead atoms. The van der Waals surface area contributed by atoms with Gasteiger partial charge >= 0.3 is 0 Å². The van der Waals surface area contributed by atoms with Crippen molar-refractivity contribution in [2.75, 3.05) is 33.8 Å². The fourth-order valence-electron chi connectivity index (χ4n) is 3.74. The number of hydrogen-bond acceptors (Lipinski definition) is 5. The molecule has 1 aliphatic heterocycles. The topological polar surface area (TPSA) is 70.1 Å². The van der Waals surface area contributed by atoms with Crippen LogP contribution in [0.25, 0.3) is 5.76 Å². The van der Waals surface area contributed by atoms with E-state index >= 15 is 0 Å². The first-order valence-corrected chi connectivity index (χ1v) is 10.7. The molecule has 7 heteroatoms. The third-order valence-corrected chi connectivity index (χ3v) is 5.42. The van der Waals surface area contributed by atoms with E-state index in [0.717, 1.165) is 12.0 Å². The molecular weight excluding hydrogens is 411 g/mol. The summed E-state index contributed by atoms with van der Waals surface area (Å²) in [5.74, 6) is -1.40. The fraction of sp³-hybridized carbons (Fsp3) is 0.360. The molecule has 0 unspecified atom stereocenters. The van der Waals surface area contributed by atoms with Gasteiger partial charge in [-0.2, -0.15) is 0 Å². The monoisotopic (exact) mass is 440 g/mol. The average Bonchev–Trinajstić information content (AvgIpc) is 3.01. The molecule has 1 N–H and O–H groups in total. The number of carbonyl (C=O) groups is 2. The number of aryl methyl sites for hydroxylation is 1. The molecule has 0 aliphatic carbocycles. The summed E-state index contributed by atoms with van der Waals surface area (Å²) in [6.45, 7) is 5.27. The van der Waals surface area contributed by atoms with Crippen LogP contribution in [-0.4, -0.2) is 60.4 Å². The van der Waals surface area contributed by atoms with Gasteiger partial charge in [0.1, 0.15) is 17.3 Å². The lowest BCUT2D eigenvalue weighted by Crippen LogP contribution is -2.35. The van der Waals surface area contributed by atoms with E-state index < -0.39 is 23.5 Å². The molecule has 1 atom stereocenters. The lowest BCUT2D eigenvalue weighted by Gasteiger charge is -2.26.